The standard InChI is InChI=1S/C39H51IN8O7/c1-4-28(39(55)48-22-23(2)17-32(48)38(54)47-29(35(51)42-3)20-25-12-13-33(49)27(40)18-25)45-37(53)31(21-26-11-8-16-43-26)46-36(52)30(44-34(50)14-15-41)19-24-9-6-5-7-10-24/h5-7,9-13,16,18,23,28-32,49H,4,8,14-15,17,19-22,41H2,1-3H3,(H,42,51)(H,44,50)(H,45,53)(H,46,52)(H,47,54)/t23?,28-,29-,30-,31-,32-/m0/s1. The Balaban J connectivity index is 1.50. The van der Waals surface area contributed by atoms with Gasteiger partial charge in [0.1, 0.15) is 36.0 Å². The molecule has 1 saturated heterocycles. The Hall–Kier alpha value is -4.84. The molecule has 0 saturated carbocycles. The van der Waals surface area contributed by atoms with Crippen LogP contribution in [0.25, 0.3) is 0 Å². The molecular weight excluding hydrogens is 819 g/mol. The quantitative estimate of drug-likeness (QED) is 0.108. The Morgan fingerprint density at radius 3 is 2.16 bits per heavy atom. The Morgan fingerprint density at radius 2 is 1.55 bits per heavy atom. The third-order valence-electron chi connectivity index (χ3n) is 9.52. The highest BCUT2D eigenvalue weighted by Gasteiger charge is 2.42. The summed E-state index contributed by atoms with van der Waals surface area (Å²) < 4.78 is 0.599. The van der Waals surface area contributed by atoms with Crippen LogP contribution in [0.5, 0.6) is 5.75 Å². The topological polar surface area (TPSA) is 224 Å². The molecule has 1 unspecified atom stereocenters. The smallest absolute Gasteiger partial charge is 0.245 e. The van der Waals surface area contributed by atoms with Gasteiger partial charge in [-0.2, -0.15) is 0 Å². The number of phenols is 1. The van der Waals surface area contributed by atoms with Crippen LogP contribution in [-0.2, 0) is 41.6 Å². The molecule has 6 atom stereocenters. The van der Waals surface area contributed by atoms with Crippen LogP contribution >= 0.6 is 22.6 Å². The monoisotopic (exact) mass is 870 g/mol. The Kier molecular flexibility index (Phi) is 16.2. The van der Waals surface area contributed by atoms with Crippen molar-refractivity contribution in [2.75, 3.05) is 20.1 Å². The molecule has 0 bridgehead atoms. The number of benzene rings is 2. The largest absolute Gasteiger partial charge is 0.507 e. The second-order valence-corrected chi connectivity index (χ2v) is 15.0. The highest BCUT2D eigenvalue weighted by molar-refractivity contribution is 14.1. The number of hydrogen-bond donors (Lipinski definition) is 7. The molecule has 0 spiro atoms. The van der Waals surface area contributed by atoms with Gasteiger partial charge < -0.3 is 42.3 Å². The number of allylic oxidation sites excluding steroid dienone is 1. The summed E-state index contributed by atoms with van der Waals surface area (Å²) >= 11 is 1.98. The van der Waals surface area contributed by atoms with Crippen molar-refractivity contribution < 1.29 is 33.9 Å². The summed E-state index contributed by atoms with van der Waals surface area (Å²) in [6.45, 7) is 4.01. The fourth-order valence-corrected chi connectivity index (χ4v) is 7.19. The Bertz CT molecular complexity index is 1770. The number of nitrogens with two attached hydrogens (primary N) is 1. The van der Waals surface area contributed by atoms with E-state index < -0.39 is 65.7 Å². The third kappa shape index (κ3) is 12.3. The van der Waals surface area contributed by atoms with Crippen molar-refractivity contribution in [1.82, 2.24) is 31.5 Å². The number of carbonyl (C=O) groups excluding carboxylic acids is 6. The first-order chi connectivity index (χ1) is 26.3. The van der Waals surface area contributed by atoms with Crippen molar-refractivity contribution in [3.8, 4) is 5.75 Å². The highest BCUT2D eigenvalue weighted by atomic mass is 127. The van der Waals surface area contributed by atoms with E-state index >= 15 is 0 Å². The lowest BCUT2D eigenvalue weighted by Crippen LogP contribution is -2.59. The predicted octanol–water partition coefficient (Wildman–Crippen LogP) is 1.21. The van der Waals surface area contributed by atoms with Gasteiger partial charge in [0.2, 0.25) is 35.4 Å². The maximum Gasteiger partial charge on any atom is 0.245 e. The lowest BCUT2D eigenvalue weighted by Gasteiger charge is -2.30. The summed E-state index contributed by atoms with van der Waals surface area (Å²) in [5.41, 5.74) is 7.68. The van der Waals surface area contributed by atoms with E-state index in [1.54, 1.807) is 25.3 Å². The van der Waals surface area contributed by atoms with E-state index in [0.717, 1.165) is 11.1 Å². The van der Waals surface area contributed by atoms with Crippen LogP contribution in [0.2, 0.25) is 0 Å². The van der Waals surface area contributed by atoms with Gasteiger partial charge in [-0.05, 0) is 64.6 Å². The van der Waals surface area contributed by atoms with Gasteiger partial charge in [0.15, 0.2) is 0 Å². The van der Waals surface area contributed by atoms with E-state index in [-0.39, 0.29) is 56.9 Å². The van der Waals surface area contributed by atoms with Gasteiger partial charge in [0.25, 0.3) is 0 Å². The first-order valence-electron chi connectivity index (χ1n) is 18.5. The fraction of sp³-hybridized carbons (Fsp3) is 0.462. The molecule has 6 amide bonds. The average Bonchev–Trinajstić information content (AvgIpc) is 3.83. The zero-order valence-corrected chi connectivity index (χ0v) is 33.5. The molecule has 8 N–H and O–H groups in total. The molecule has 2 aromatic rings. The number of aromatic hydroxyl groups is 1. The summed E-state index contributed by atoms with van der Waals surface area (Å²) in [7, 11) is 1.47. The first-order valence-corrected chi connectivity index (χ1v) is 19.6. The van der Waals surface area contributed by atoms with Gasteiger partial charge in [-0.3, -0.25) is 33.8 Å². The number of nitrogens with one attached hydrogen (secondary N) is 5. The number of nitrogens with zero attached hydrogens (tertiary/aromatic N) is 2. The summed E-state index contributed by atoms with van der Waals surface area (Å²) in [6.07, 6.45) is 5.02. The molecular formula is C39H51IN8O7. The van der Waals surface area contributed by atoms with Gasteiger partial charge in [0.05, 0.1) is 3.57 Å². The number of aliphatic imine (C=N–C) groups is 1. The number of hydrogen-bond acceptors (Lipinski definition) is 9. The average molecular weight is 871 g/mol. The van der Waals surface area contributed by atoms with E-state index in [1.807, 2.05) is 65.9 Å². The minimum atomic E-state index is -1.14. The highest BCUT2D eigenvalue weighted by Crippen LogP contribution is 2.26. The number of likely N-dealkylation sites (N-methyl/N-ethyl adjacent to an activating group) is 1. The van der Waals surface area contributed by atoms with Crippen LogP contribution < -0.4 is 32.3 Å². The van der Waals surface area contributed by atoms with Crippen molar-refractivity contribution in [3.63, 3.8) is 0 Å². The van der Waals surface area contributed by atoms with Crippen LogP contribution in [-0.4, -0.2) is 102 Å². The van der Waals surface area contributed by atoms with Crippen LogP contribution in [0, 0.1) is 9.49 Å². The SMILES string of the molecule is CC[C@H](NC(=O)[C@H](CC1=CCC=N1)NC(=O)[C@H](Cc1ccccc1)NC(=O)CCN)C(=O)N1CC(C)C[C@H]1C(=O)N[C@@H](Cc1ccc(O)c(I)c1)C(=O)NC. The van der Waals surface area contributed by atoms with E-state index in [2.05, 4.69) is 31.6 Å². The van der Waals surface area contributed by atoms with Crippen LogP contribution in [0.3, 0.4) is 0 Å². The second kappa shape index (κ2) is 20.7. The van der Waals surface area contributed by atoms with Gasteiger partial charge in [-0.15, -0.1) is 0 Å². The molecule has 0 aliphatic carbocycles. The number of halogens is 1. The molecule has 2 aliphatic heterocycles. The summed E-state index contributed by atoms with van der Waals surface area (Å²) in [5, 5.41) is 23.7. The summed E-state index contributed by atoms with van der Waals surface area (Å²) in [5.74, 6) is -2.95. The fourth-order valence-electron chi connectivity index (χ4n) is 6.61. The molecule has 15 nitrogen and oxygen atoms in total. The van der Waals surface area contributed by atoms with Crippen molar-refractivity contribution in [1.29, 1.82) is 0 Å². The lowest BCUT2D eigenvalue weighted by atomic mass is 10.0. The molecule has 2 aromatic carbocycles. The normalized spacial score (nSPS) is 18.3. The van der Waals surface area contributed by atoms with Gasteiger partial charge in [0, 0.05) is 64.2 Å². The van der Waals surface area contributed by atoms with E-state index in [9.17, 15) is 33.9 Å². The van der Waals surface area contributed by atoms with Gasteiger partial charge >= 0.3 is 0 Å². The minimum Gasteiger partial charge on any atom is -0.507 e. The third-order valence-corrected chi connectivity index (χ3v) is 10.4. The van der Waals surface area contributed by atoms with E-state index in [0.29, 0.717) is 22.1 Å². The molecule has 296 valence electrons. The molecule has 0 radical (unpaired) electrons. The van der Waals surface area contributed by atoms with Crippen molar-refractivity contribution in [2.24, 2.45) is 16.6 Å². The lowest BCUT2D eigenvalue weighted by molar-refractivity contribution is -0.142. The van der Waals surface area contributed by atoms with E-state index in [4.69, 9.17) is 5.73 Å². The second-order valence-electron chi connectivity index (χ2n) is 13.8. The predicted molar refractivity (Wildman–Crippen MR) is 216 cm³/mol. The molecule has 1 fully saturated rings. The van der Waals surface area contributed by atoms with Crippen LogP contribution in [0.1, 0.15) is 57.1 Å². The molecule has 16 heteroatoms. The van der Waals surface area contributed by atoms with Gasteiger partial charge in [-0.25, -0.2) is 0 Å². The van der Waals surface area contributed by atoms with E-state index in [1.165, 1.54) is 18.0 Å². The summed E-state index contributed by atoms with van der Waals surface area (Å²) in [4.78, 5) is 86.9. The van der Waals surface area contributed by atoms with Crippen molar-refractivity contribution in [2.45, 2.75) is 89.0 Å². The van der Waals surface area contributed by atoms with Crippen LogP contribution in [0.15, 0.2) is 65.3 Å². The number of likely N-dealkylation sites (tertiary alicyclic amines) is 1. The Morgan fingerprint density at radius 1 is 0.891 bits per heavy atom. The zero-order valence-electron chi connectivity index (χ0n) is 31.3. The number of carbonyl (C=O) groups is 6. The molecule has 55 heavy (non-hydrogen) atoms. The molecule has 0 aromatic heterocycles. The molecule has 2 heterocycles. The zero-order chi connectivity index (χ0) is 40.1. The van der Waals surface area contributed by atoms with Gasteiger partial charge in [-0.1, -0.05) is 56.3 Å². The number of amides is 6. The maximum absolute atomic E-state index is 14.1. The van der Waals surface area contributed by atoms with Crippen molar-refractivity contribution >= 4 is 64.2 Å². The number of phenolic OH excluding ortho intramolecular Hbond substituents is 1. The van der Waals surface area contributed by atoms with Crippen LogP contribution in [0.4, 0.5) is 0 Å². The molecule has 2 aliphatic rings. The number of rotatable bonds is 18. The van der Waals surface area contributed by atoms with Crippen molar-refractivity contribution in [3.05, 3.63) is 75.0 Å². The summed E-state index contributed by atoms with van der Waals surface area (Å²) in [6, 6.07) is 9.03. The first kappa shape index (κ1) is 42.9. The maximum atomic E-state index is 14.1. The molecule has 4 rings (SSSR count). The minimum absolute atomic E-state index is 0.0167. The Labute approximate surface area is 334 Å².